The number of rotatable bonds is 6. The molecule has 2 heterocycles. The molecule has 4 rings (SSSR count). The first-order valence-corrected chi connectivity index (χ1v) is 10.00. The SMILES string of the molecule is COc1ccc(C(=O)NC2CCN(c3cnn(CC4CC4)c(=O)c3)CC2)cc1F. The van der Waals surface area contributed by atoms with Crippen molar-refractivity contribution in [3.05, 3.63) is 52.2 Å². The summed E-state index contributed by atoms with van der Waals surface area (Å²) in [7, 11) is 1.39. The molecule has 0 bridgehead atoms. The lowest BCUT2D eigenvalue weighted by Gasteiger charge is -2.33. The fourth-order valence-corrected chi connectivity index (χ4v) is 3.64. The molecule has 1 amide bonds. The lowest BCUT2D eigenvalue weighted by atomic mass is 10.0. The Morgan fingerprint density at radius 1 is 1.24 bits per heavy atom. The van der Waals surface area contributed by atoms with E-state index >= 15 is 0 Å². The topological polar surface area (TPSA) is 76.5 Å². The van der Waals surface area contributed by atoms with E-state index in [0.717, 1.165) is 31.6 Å². The van der Waals surface area contributed by atoms with Gasteiger partial charge in [0.25, 0.3) is 11.5 Å². The smallest absolute Gasteiger partial charge is 0.268 e. The second-order valence-corrected chi connectivity index (χ2v) is 7.76. The zero-order valence-electron chi connectivity index (χ0n) is 16.4. The number of carbonyl (C=O) groups excluding carboxylic acids is 1. The van der Waals surface area contributed by atoms with E-state index in [9.17, 15) is 14.0 Å². The van der Waals surface area contributed by atoms with Gasteiger partial charge < -0.3 is 15.0 Å². The molecule has 2 aromatic rings. The highest BCUT2D eigenvalue weighted by Gasteiger charge is 2.24. The first-order valence-electron chi connectivity index (χ1n) is 10.00. The van der Waals surface area contributed by atoms with Gasteiger partial charge in [0.2, 0.25) is 0 Å². The van der Waals surface area contributed by atoms with Gasteiger partial charge in [-0.05, 0) is 49.8 Å². The molecular formula is C21H25FN4O3. The van der Waals surface area contributed by atoms with Crippen LogP contribution < -0.4 is 20.5 Å². The normalized spacial score (nSPS) is 17.2. The van der Waals surface area contributed by atoms with Crippen LogP contribution in [0.1, 0.15) is 36.0 Å². The fourth-order valence-electron chi connectivity index (χ4n) is 3.64. The van der Waals surface area contributed by atoms with E-state index < -0.39 is 5.82 Å². The number of methoxy groups -OCH3 is 1. The molecule has 1 aliphatic carbocycles. The number of hydrogen-bond donors (Lipinski definition) is 1. The van der Waals surface area contributed by atoms with Crippen LogP contribution in [0.25, 0.3) is 0 Å². The Bertz CT molecular complexity index is 949. The van der Waals surface area contributed by atoms with Gasteiger partial charge in [-0.1, -0.05) is 0 Å². The first kappa shape index (κ1) is 19.4. The van der Waals surface area contributed by atoms with Crippen LogP contribution in [0.2, 0.25) is 0 Å². The zero-order chi connectivity index (χ0) is 20.4. The van der Waals surface area contributed by atoms with Crippen LogP contribution in [0.5, 0.6) is 5.75 Å². The number of hydrogen-bond acceptors (Lipinski definition) is 5. The molecule has 1 aliphatic heterocycles. The van der Waals surface area contributed by atoms with Crippen molar-refractivity contribution in [2.75, 3.05) is 25.1 Å². The van der Waals surface area contributed by atoms with Crippen LogP contribution in [0.4, 0.5) is 10.1 Å². The Morgan fingerprint density at radius 2 is 2.00 bits per heavy atom. The van der Waals surface area contributed by atoms with Gasteiger partial charge in [0, 0.05) is 37.3 Å². The minimum atomic E-state index is -0.557. The summed E-state index contributed by atoms with van der Waals surface area (Å²) in [6.45, 7) is 2.14. The van der Waals surface area contributed by atoms with Crippen LogP contribution in [0.15, 0.2) is 35.3 Å². The van der Waals surface area contributed by atoms with E-state index in [0.29, 0.717) is 12.5 Å². The van der Waals surface area contributed by atoms with Crippen molar-refractivity contribution in [1.82, 2.24) is 15.1 Å². The fraction of sp³-hybridized carbons (Fsp3) is 0.476. The highest BCUT2D eigenvalue weighted by molar-refractivity contribution is 5.94. The van der Waals surface area contributed by atoms with Gasteiger partial charge in [0.15, 0.2) is 11.6 Å². The molecule has 1 N–H and O–H groups in total. The second-order valence-electron chi connectivity index (χ2n) is 7.76. The van der Waals surface area contributed by atoms with Crippen molar-refractivity contribution < 1.29 is 13.9 Å². The summed E-state index contributed by atoms with van der Waals surface area (Å²) in [6.07, 6.45) is 5.60. The van der Waals surface area contributed by atoms with Gasteiger partial charge >= 0.3 is 0 Å². The Morgan fingerprint density at radius 3 is 2.62 bits per heavy atom. The highest BCUT2D eigenvalue weighted by Crippen LogP contribution is 2.30. The lowest BCUT2D eigenvalue weighted by Crippen LogP contribution is -2.45. The van der Waals surface area contributed by atoms with Crippen molar-refractivity contribution in [1.29, 1.82) is 0 Å². The molecule has 29 heavy (non-hydrogen) atoms. The average Bonchev–Trinajstić information content (AvgIpc) is 3.54. The maximum atomic E-state index is 13.8. The molecule has 1 saturated carbocycles. The van der Waals surface area contributed by atoms with Crippen LogP contribution in [-0.2, 0) is 6.54 Å². The summed E-state index contributed by atoms with van der Waals surface area (Å²) < 4.78 is 20.2. The van der Waals surface area contributed by atoms with E-state index in [-0.39, 0.29) is 28.8 Å². The van der Waals surface area contributed by atoms with Gasteiger partial charge in [-0.15, -0.1) is 0 Å². The summed E-state index contributed by atoms with van der Waals surface area (Å²) in [5, 5.41) is 7.28. The van der Waals surface area contributed by atoms with E-state index in [1.807, 2.05) is 0 Å². The van der Waals surface area contributed by atoms with Crippen LogP contribution in [0, 0.1) is 11.7 Å². The van der Waals surface area contributed by atoms with Crippen molar-refractivity contribution in [3.8, 4) is 5.75 Å². The highest BCUT2D eigenvalue weighted by atomic mass is 19.1. The Kier molecular flexibility index (Phi) is 5.51. The molecule has 0 radical (unpaired) electrons. The van der Waals surface area contributed by atoms with Gasteiger partial charge in [-0.3, -0.25) is 9.59 Å². The third-order valence-corrected chi connectivity index (χ3v) is 5.59. The van der Waals surface area contributed by atoms with E-state index in [1.165, 1.54) is 32.1 Å². The summed E-state index contributed by atoms with van der Waals surface area (Å²) in [4.78, 5) is 26.8. The van der Waals surface area contributed by atoms with Crippen molar-refractivity contribution in [2.45, 2.75) is 38.3 Å². The number of benzene rings is 1. The number of carbonyl (C=O) groups is 1. The van der Waals surface area contributed by atoms with E-state index in [4.69, 9.17) is 4.74 Å². The van der Waals surface area contributed by atoms with Gasteiger partial charge in [0.1, 0.15) is 0 Å². The maximum absolute atomic E-state index is 13.8. The van der Waals surface area contributed by atoms with Crippen LogP contribution >= 0.6 is 0 Å². The molecule has 0 atom stereocenters. The van der Waals surface area contributed by atoms with Crippen molar-refractivity contribution >= 4 is 11.6 Å². The zero-order valence-corrected chi connectivity index (χ0v) is 16.4. The van der Waals surface area contributed by atoms with E-state index in [2.05, 4.69) is 15.3 Å². The number of halogens is 1. The number of aromatic nitrogens is 2. The molecule has 0 unspecified atom stereocenters. The molecule has 1 aromatic carbocycles. The molecule has 1 aromatic heterocycles. The third kappa shape index (κ3) is 4.58. The quantitative estimate of drug-likeness (QED) is 0.805. The van der Waals surface area contributed by atoms with E-state index in [1.54, 1.807) is 23.0 Å². The summed E-state index contributed by atoms with van der Waals surface area (Å²) in [6, 6.07) is 5.84. The van der Waals surface area contributed by atoms with Gasteiger partial charge in [-0.25, -0.2) is 9.07 Å². The molecule has 2 aliphatic rings. The second kappa shape index (κ2) is 8.23. The largest absolute Gasteiger partial charge is 0.494 e. The molecular weight excluding hydrogens is 375 g/mol. The molecule has 2 fully saturated rings. The average molecular weight is 400 g/mol. The first-order chi connectivity index (χ1) is 14.0. The number of nitrogens with one attached hydrogen (secondary N) is 1. The molecule has 154 valence electrons. The summed E-state index contributed by atoms with van der Waals surface area (Å²) >= 11 is 0. The molecule has 8 heteroatoms. The third-order valence-electron chi connectivity index (χ3n) is 5.59. The van der Waals surface area contributed by atoms with Gasteiger partial charge in [-0.2, -0.15) is 5.10 Å². The Hall–Kier alpha value is -2.90. The van der Waals surface area contributed by atoms with Gasteiger partial charge in [0.05, 0.1) is 19.0 Å². The predicted octanol–water partition coefficient (Wildman–Crippen LogP) is 2.20. The number of nitrogens with zero attached hydrogens (tertiary/aromatic N) is 3. The Balaban J connectivity index is 1.32. The van der Waals surface area contributed by atoms with Crippen LogP contribution in [-0.4, -0.2) is 41.9 Å². The standard InChI is InChI=1S/C21H25FN4O3/c1-29-19-5-4-15(10-18(19)22)21(28)24-16-6-8-25(9-7-16)17-11-20(27)26(23-12-17)13-14-2-3-14/h4-5,10-12,14,16H,2-3,6-9,13H2,1H3,(H,24,28). The molecule has 0 spiro atoms. The molecule has 7 nitrogen and oxygen atoms in total. The molecule has 1 saturated heterocycles. The number of piperidine rings is 1. The Labute approximate surface area is 168 Å². The summed E-state index contributed by atoms with van der Waals surface area (Å²) in [5.74, 6) is -0.139. The summed E-state index contributed by atoms with van der Waals surface area (Å²) in [5.41, 5.74) is 1.03. The minimum absolute atomic E-state index is 0.00658. The van der Waals surface area contributed by atoms with Crippen molar-refractivity contribution in [2.24, 2.45) is 5.92 Å². The maximum Gasteiger partial charge on any atom is 0.268 e. The number of anilines is 1. The van der Waals surface area contributed by atoms with Crippen molar-refractivity contribution in [3.63, 3.8) is 0 Å². The monoisotopic (exact) mass is 400 g/mol. The van der Waals surface area contributed by atoms with Crippen LogP contribution in [0.3, 0.4) is 0 Å². The number of ether oxygens (including phenoxy) is 1. The number of amides is 1. The predicted molar refractivity (Wildman–Crippen MR) is 107 cm³/mol. The minimum Gasteiger partial charge on any atom is -0.494 e. The lowest BCUT2D eigenvalue weighted by molar-refractivity contribution is 0.0930.